The van der Waals surface area contributed by atoms with E-state index in [4.69, 9.17) is 9.15 Å². The Balaban J connectivity index is 1.84. The van der Waals surface area contributed by atoms with Crippen molar-refractivity contribution in [3.05, 3.63) is 30.2 Å². The lowest BCUT2D eigenvalue weighted by Crippen LogP contribution is -2.34. The number of rotatable bonds is 4. The number of ether oxygens (including phenoxy) is 1. The van der Waals surface area contributed by atoms with Crippen LogP contribution in [0.15, 0.2) is 28.7 Å². The molecular formula is C14H18N2O2. The summed E-state index contributed by atoms with van der Waals surface area (Å²) in [4.78, 5) is 4.57. The summed E-state index contributed by atoms with van der Waals surface area (Å²) >= 11 is 0. The van der Waals surface area contributed by atoms with Crippen LogP contribution in [0.1, 0.15) is 25.2 Å². The van der Waals surface area contributed by atoms with Gasteiger partial charge in [0, 0.05) is 6.04 Å². The molecule has 0 bridgehead atoms. The van der Waals surface area contributed by atoms with Crippen molar-refractivity contribution in [2.75, 3.05) is 19.8 Å². The molecule has 1 aromatic heterocycles. The molecule has 2 atom stereocenters. The normalized spacial score (nSPS) is 23.8. The molecule has 1 aliphatic rings. The molecular weight excluding hydrogens is 228 g/mol. The number of oxazole rings is 1. The second-order valence-corrected chi connectivity index (χ2v) is 4.72. The Labute approximate surface area is 106 Å². The zero-order valence-electron chi connectivity index (χ0n) is 10.6. The van der Waals surface area contributed by atoms with Crippen molar-refractivity contribution in [3.8, 4) is 0 Å². The monoisotopic (exact) mass is 246 g/mol. The molecule has 1 aromatic carbocycles. The van der Waals surface area contributed by atoms with Gasteiger partial charge in [0.25, 0.3) is 0 Å². The Morgan fingerprint density at radius 3 is 3.06 bits per heavy atom. The van der Waals surface area contributed by atoms with Crippen molar-refractivity contribution in [1.82, 2.24) is 10.3 Å². The average molecular weight is 246 g/mol. The molecule has 0 saturated carbocycles. The predicted octanol–water partition coefficient (Wildman–Crippen LogP) is 2.31. The Morgan fingerprint density at radius 1 is 1.33 bits per heavy atom. The van der Waals surface area contributed by atoms with Gasteiger partial charge in [-0.2, -0.15) is 0 Å². The van der Waals surface area contributed by atoms with Crippen LogP contribution in [0.5, 0.6) is 0 Å². The Kier molecular flexibility index (Phi) is 3.30. The highest BCUT2D eigenvalue weighted by molar-refractivity contribution is 5.72. The van der Waals surface area contributed by atoms with Crippen LogP contribution in [0.4, 0.5) is 0 Å². The average Bonchev–Trinajstić information content (AvgIpc) is 3.01. The maximum atomic E-state index is 5.83. The van der Waals surface area contributed by atoms with E-state index in [0.717, 1.165) is 36.6 Å². The van der Waals surface area contributed by atoms with Crippen LogP contribution < -0.4 is 5.32 Å². The molecule has 4 nitrogen and oxygen atoms in total. The number of benzene rings is 1. The smallest absolute Gasteiger partial charge is 0.202 e. The fraction of sp³-hybridized carbons (Fsp3) is 0.500. The topological polar surface area (TPSA) is 47.3 Å². The van der Waals surface area contributed by atoms with E-state index < -0.39 is 0 Å². The zero-order valence-corrected chi connectivity index (χ0v) is 10.6. The predicted molar refractivity (Wildman–Crippen MR) is 69.7 cm³/mol. The highest BCUT2D eigenvalue weighted by Crippen LogP contribution is 2.28. The van der Waals surface area contributed by atoms with Gasteiger partial charge >= 0.3 is 0 Å². The van der Waals surface area contributed by atoms with E-state index in [2.05, 4.69) is 17.2 Å². The number of nitrogens with one attached hydrogen (secondary N) is 1. The maximum absolute atomic E-state index is 5.83. The van der Waals surface area contributed by atoms with Gasteiger partial charge in [-0.05, 0) is 25.1 Å². The third-order valence-corrected chi connectivity index (χ3v) is 3.36. The Hall–Kier alpha value is -1.39. The van der Waals surface area contributed by atoms with Crippen molar-refractivity contribution < 1.29 is 9.15 Å². The molecule has 1 N–H and O–H groups in total. The van der Waals surface area contributed by atoms with Crippen LogP contribution in [-0.4, -0.2) is 30.8 Å². The van der Waals surface area contributed by atoms with E-state index in [1.807, 2.05) is 24.3 Å². The van der Waals surface area contributed by atoms with Gasteiger partial charge in [-0.15, -0.1) is 0 Å². The van der Waals surface area contributed by atoms with E-state index in [1.165, 1.54) is 0 Å². The van der Waals surface area contributed by atoms with Gasteiger partial charge < -0.3 is 14.5 Å². The van der Waals surface area contributed by atoms with E-state index in [9.17, 15) is 0 Å². The zero-order chi connectivity index (χ0) is 12.4. The van der Waals surface area contributed by atoms with Gasteiger partial charge in [0.15, 0.2) is 5.58 Å². The number of nitrogens with zero attached hydrogens (tertiary/aromatic N) is 1. The molecule has 3 rings (SSSR count). The third kappa shape index (κ3) is 2.13. The van der Waals surface area contributed by atoms with E-state index in [-0.39, 0.29) is 5.92 Å². The number of hydrogen-bond donors (Lipinski definition) is 1. The summed E-state index contributed by atoms with van der Waals surface area (Å²) in [5.41, 5.74) is 1.78. The van der Waals surface area contributed by atoms with Crippen molar-refractivity contribution >= 4 is 11.1 Å². The van der Waals surface area contributed by atoms with Gasteiger partial charge in [-0.3, -0.25) is 0 Å². The second kappa shape index (κ2) is 5.08. The van der Waals surface area contributed by atoms with Gasteiger partial charge in [0.05, 0.1) is 19.1 Å². The SMILES string of the molecule is CCCNC1COCC1c1nc2ccccc2o1. The fourth-order valence-corrected chi connectivity index (χ4v) is 2.38. The molecule has 18 heavy (non-hydrogen) atoms. The maximum Gasteiger partial charge on any atom is 0.202 e. The molecule has 0 aliphatic carbocycles. The van der Waals surface area contributed by atoms with Crippen LogP contribution in [0.25, 0.3) is 11.1 Å². The van der Waals surface area contributed by atoms with E-state index in [0.29, 0.717) is 12.6 Å². The number of aromatic nitrogens is 1. The summed E-state index contributed by atoms with van der Waals surface area (Å²) in [5.74, 6) is 1.02. The minimum absolute atomic E-state index is 0.226. The van der Waals surface area contributed by atoms with Crippen LogP contribution >= 0.6 is 0 Å². The number of para-hydroxylation sites is 2. The summed E-state index contributed by atoms with van der Waals surface area (Å²) in [6, 6.07) is 8.20. The fourth-order valence-electron chi connectivity index (χ4n) is 2.38. The molecule has 2 aromatic rings. The van der Waals surface area contributed by atoms with Crippen LogP contribution in [0.3, 0.4) is 0 Å². The van der Waals surface area contributed by atoms with Gasteiger partial charge in [-0.1, -0.05) is 19.1 Å². The van der Waals surface area contributed by atoms with E-state index in [1.54, 1.807) is 0 Å². The molecule has 2 heterocycles. The van der Waals surface area contributed by atoms with Gasteiger partial charge in [0.1, 0.15) is 5.52 Å². The lowest BCUT2D eigenvalue weighted by molar-refractivity contribution is 0.186. The first kappa shape index (κ1) is 11.7. The minimum Gasteiger partial charge on any atom is -0.440 e. The molecule has 2 unspecified atom stereocenters. The standard InChI is InChI=1S/C14H18N2O2/c1-2-7-15-12-9-17-8-10(12)14-16-11-5-3-4-6-13(11)18-14/h3-6,10,12,15H,2,7-9H2,1H3. The first-order chi connectivity index (χ1) is 8.88. The second-order valence-electron chi connectivity index (χ2n) is 4.72. The first-order valence-corrected chi connectivity index (χ1v) is 6.55. The summed E-state index contributed by atoms with van der Waals surface area (Å²) in [5, 5.41) is 3.50. The third-order valence-electron chi connectivity index (χ3n) is 3.36. The Bertz CT molecular complexity index is 490. The molecule has 0 spiro atoms. The van der Waals surface area contributed by atoms with Crippen molar-refractivity contribution in [1.29, 1.82) is 0 Å². The van der Waals surface area contributed by atoms with Crippen LogP contribution in [0, 0.1) is 0 Å². The van der Waals surface area contributed by atoms with Crippen molar-refractivity contribution in [2.45, 2.75) is 25.3 Å². The van der Waals surface area contributed by atoms with Crippen molar-refractivity contribution in [3.63, 3.8) is 0 Å². The number of fused-ring (bicyclic) bond motifs is 1. The van der Waals surface area contributed by atoms with Gasteiger partial charge in [-0.25, -0.2) is 4.98 Å². The van der Waals surface area contributed by atoms with Gasteiger partial charge in [0.2, 0.25) is 5.89 Å². The molecule has 96 valence electrons. The molecule has 4 heteroatoms. The largest absolute Gasteiger partial charge is 0.440 e. The summed E-state index contributed by atoms with van der Waals surface area (Å²) in [6.07, 6.45) is 1.12. The quantitative estimate of drug-likeness (QED) is 0.899. The number of hydrogen-bond acceptors (Lipinski definition) is 4. The molecule has 1 aliphatic heterocycles. The molecule has 0 radical (unpaired) electrons. The van der Waals surface area contributed by atoms with E-state index >= 15 is 0 Å². The lowest BCUT2D eigenvalue weighted by Gasteiger charge is -2.15. The van der Waals surface area contributed by atoms with Crippen LogP contribution in [0.2, 0.25) is 0 Å². The lowest BCUT2D eigenvalue weighted by atomic mass is 10.0. The molecule has 1 saturated heterocycles. The highest BCUT2D eigenvalue weighted by Gasteiger charge is 2.32. The molecule has 0 amide bonds. The summed E-state index contributed by atoms with van der Waals surface area (Å²) < 4.78 is 11.4. The van der Waals surface area contributed by atoms with Crippen molar-refractivity contribution in [2.24, 2.45) is 0 Å². The highest BCUT2D eigenvalue weighted by atomic mass is 16.5. The van der Waals surface area contributed by atoms with Crippen LogP contribution in [-0.2, 0) is 4.74 Å². The minimum atomic E-state index is 0.226. The summed E-state index contributed by atoms with van der Waals surface area (Å²) in [6.45, 7) is 4.60. The first-order valence-electron chi connectivity index (χ1n) is 6.55. The molecule has 1 fully saturated rings. The Morgan fingerprint density at radius 2 is 2.22 bits per heavy atom. The summed E-state index contributed by atoms with van der Waals surface area (Å²) in [7, 11) is 0.